The van der Waals surface area contributed by atoms with Gasteiger partial charge in [-0.3, -0.25) is 0 Å². The topological polar surface area (TPSA) is 41.1 Å². The van der Waals surface area contributed by atoms with Gasteiger partial charge in [0.05, 0.1) is 5.69 Å². The molecular weight excluding hydrogens is 290 g/mol. The molecular formula is C13H9Cl2FN2O. The molecule has 19 heavy (non-hydrogen) atoms. The molecule has 0 atom stereocenters. The van der Waals surface area contributed by atoms with E-state index in [9.17, 15) is 9.18 Å². The van der Waals surface area contributed by atoms with Gasteiger partial charge in [0.2, 0.25) is 0 Å². The second kappa shape index (κ2) is 5.91. The molecule has 0 aliphatic heterocycles. The highest BCUT2D eigenvalue weighted by Crippen LogP contribution is 2.19. The van der Waals surface area contributed by atoms with Crippen LogP contribution >= 0.6 is 23.2 Å². The van der Waals surface area contributed by atoms with E-state index in [0.717, 1.165) is 6.07 Å². The number of hydrogen-bond acceptors (Lipinski definition) is 1. The monoisotopic (exact) mass is 298 g/mol. The Labute approximate surface area is 119 Å². The number of amides is 2. The average Bonchev–Trinajstić information content (AvgIpc) is 2.36. The SMILES string of the molecule is O=C(Nc1ccc(Cl)cc1)Nc1ccc(Cl)cc1F. The van der Waals surface area contributed by atoms with Crippen LogP contribution in [0, 0.1) is 5.82 Å². The van der Waals surface area contributed by atoms with Gasteiger partial charge in [0, 0.05) is 15.7 Å². The van der Waals surface area contributed by atoms with Crippen LogP contribution < -0.4 is 10.6 Å². The van der Waals surface area contributed by atoms with Crippen LogP contribution in [0.25, 0.3) is 0 Å². The number of carbonyl (C=O) groups excluding carboxylic acids is 1. The number of carbonyl (C=O) groups is 1. The number of rotatable bonds is 2. The number of anilines is 2. The van der Waals surface area contributed by atoms with Crippen LogP contribution in [-0.4, -0.2) is 6.03 Å². The maximum Gasteiger partial charge on any atom is 0.323 e. The Morgan fingerprint density at radius 1 is 0.947 bits per heavy atom. The van der Waals surface area contributed by atoms with Gasteiger partial charge in [-0.25, -0.2) is 9.18 Å². The molecule has 0 aliphatic rings. The first-order valence-electron chi connectivity index (χ1n) is 5.33. The molecule has 2 rings (SSSR count). The lowest BCUT2D eigenvalue weighted by molar-refractivity contribution is 0.262. The van der Waals surface area contributed by atoms with E-state index in [1.165, 1.54) is 12.1 Å². The number of nitrogens with one attached hydrogen (secondary N) is 2. The van der Waals surface area contributed by atoms with Crippen LogP contribution in [0.2, 0.25) is 10.0 Å². The molecule has 6 heteroatoms. The number of halogens is 3. The van der Waals surface area contributed by atoms with Gasteiger partial charge >= 0.3 is 6.03 Å². The average molecular weight is 299 g/mol. The molecule has 98 valence electrons. The second-order valence-electron chi connectivity index (χ2n) is 3.71. The van der Waals surface area contributed by atoms with Crippen LogP contribution in [0.4, 0.5) is 20.6 Å². The molecule has 0 aromatic heterocycles. The lowest BCUT2D eigenvalue weighted by atomic mass is 10.3. The Morgan fingerprint density at radius 2 is 1.58 bits per heavy atom. The molecule has 0 saturated heterocycles. The van der Waals surface area contributed by atoms with Crippen molar-refractivity contribution in [3.63, 3.8) is 0 Å². The Balaban J connectivity index is 2.03. The lowest BCUT2D eigenvalue weighted by Gasteiger charge is -2.08. The first-order valence-corrected chi connectivity index (χ1v) is 6.09. The van der Waals surface area contributed by atoms with Crippen LogP contribution in [0.5, 0.6) is 0 Å². The third-order valence-electron chi connectivity index (χ3n) is 2.28. The molecule has 0 unspecified atom stereocenters. The summed E-state index contributed by atoms with van der Waals surface area (Å²) in [7, 11) is 0. The molecule has 0 heterocycles. The Hall–Kier alpha value is -1.78. The minimum atomic E-state index is -0.598. The van der Waals surface area contributed by atoms with Gasteiger partial charge in [0.1, 0.15) is 5.82 Å². The first kappa shape index (κ1) is 13.6. The van der Waals surface area contributed by atoms with E-state index in [-0.39, 0.29) is 10.7 Å². The quantitative estimate of drug-likeness (QED) is 0.823. The van der Waals surface area contributed by atoms with Crippen LogP contribution in [0.15, 0.2) is 42.5 Å². The fraction of sp³-hybridized carbons (Fsp3) is 0. The van der Waals surface area contributed by atoms with Gasteiger partial charge in [-0.15, -0.1) is 0 Å². The molecule has 0 saturated carbocycles. The molecule has 0 bridgehead atoms. The highest BCUT2D eigenvalue weighted by molar-refractivity contribution is 6.31. The molecule has 2 N–H and O–H groups in total. The molecule has 0 fully saturated rings. The van der Waals surface area contributed by atoms with Gasteiger partial charge in [-0.05, 0) is 42.5 Å². The Morgan fingerprint density at radius 3 is 2.21 bits per heavy atom. The van der Waals surface area contributed by atoms with Crippen molar-refractivity contribution in [1.29, 1.82) is 0 Å². The van der Waals surface area contributed by atoms with Crippen molar-refractivity contribution in [2.75, 3.05) is 10.6 Å². The summed E-state index contributed by atoms with van der Waals surface area (Å²) in [6.45, 7) is 0. The third kappa shape index (κ3) is 3.84. The van der Waals surface area contributed by atoms with Crippen LogP contribution in [0.1, 0.15) is 0 Å². The molecule has 2 aromatic rings. The molecule has 0 aliphatic carbocycles. The fourth-order valence-electron chi connectivity index (χ4n) is 1.41. The molecule has 0 radical (unpaired) electrons. The highest BCUT2D eigenvalue weighted by atomic mass is 35.5. The van der Waals surface area contributed by atoms with E-state index in [4.69, 9.17) is 23.2 Å². The number of hydrogen-bond donors (Lipinski definition) is 2. The number of urea groups is 1. The Kier molecular flexibility index (Phi) is 4.24. The van der Waals surface area contributed by atoms with E-state index < -0.39 is 11.8 Å². The summed E-state index contributed by atoms with van der Waals surface area (Å²) in [6.07, 6.45) is 0. The zero-order valence-electron chi connectivity index (χ0n) is 9.58. The number of benzene rings is 2. The predicted molar refractivity (Wildman–Crippen MR) is 75.5 cm³/mol. The van der Waals surface area contributed by atoms with Crippen LogP contribution in [-0.2, 0) is 0 Å². The van der Waals surface area contributed by atoms with Crippen molar-refractivity contribution >= 4 is 40.6 Å². The highest BCUT2D eigenvalue weighted by Gasteiger charge is 2.07. The summed E-state index contributed by atoms with van der Waals surface area (Å²) in [5.74, 6) is -0.598. The van der Waals surface area contributed by atoms with Gasteiger partial charge in [-0.1, -0.05) is 23.2 Å². The van der Waals surface area contributed by atoms with Crippen LogP contribution in [0.3, 0.4) is 0 Å². The van der Waals surface area contributed by atoms with Crippen molar-refractivity contribution in [1.82, 2.24) is 0 Å². The summed E-state index contributed by atoms with van der Waals surface area (Å²) >= 11 is 11.3. The molecule has 2 aromatic carbocycles. The standard InChI is InChI=1S/C13H9Cl2FN2O/c14-8-1-4-10(5-2-8)17-13(19)18-12-6-3-9(15)7-11(12)16/h1-7H,(H2,17,18,19). The second-order valence-corrected chi connectivity index (χ2v) is 4.58. The van der Waals surface area contributed by atoms with Crippen molar-refractivity contribution in [3.05, 3.63) is 58.3 Å². The molecule has 2 amide bonds. The van der Waals surface area contributed by atoms with E-state index in [0.29, 0.717) is 10.7 Å². The van der Waals surface area contributed by atoms with E-state index >= 15 is 0 Å². The summed E-state index contributed by atoms with van der Waals surface area (Å²) in [5, 5.41) is 5.76. The molecule has 3 nitrogen and oxygen atoms in total. The van der Waals surface area contributed by atoms with Crippen molar-refractivity contribution in [3.8, 4) is 0 Å². The zero-order chi connectivity index (χ0) is 13.8. The first-order chi connectivity index (χ1) is 9.04. The van der Waals surface area contributed by atoms with Gasteiger partial charge < -0.3 is 10.6 Å². The van der Waals surface area contributed by atoms with Crippen molar-refractivity contribution in [2.45, 2.75) is 0 Å². The lowest BCUT2D eigenvalue weighted by Crippen LogP contribution is -2.20. The largest absolute Gasteiger partial charge is 0.323 e. The normalized spacial score (nSPS) is 10.1. The van der Waals surface area contributed by atoms with Gasteiger partial charge in [-0.2, -0.15) is 0 Å². The van der Waals surface area contributed by atoms with E-state index in [1.807, 2.05) is 0 Å². The maximum absolute atomic E-state index is 13.5. The zero-order valence-corrected chi connectivity index (χ0v) is 11.1. The van der Waals surface area contributed by atoms with Gasteiger partial charge in [0.15, 0.2) is 0 Å². The predicted octanol–water partition coefficient (Wildman–Crippen LogP) is 4.78. The summed E-state index contributed by atoms with van der Waals surface area (Å²) in [4.78, 5) is 11.6. The van der Waals surface area contributed by atoms with E-state index in [2.05, 4.69) is 10.6 Å². The summed E-state index contributed by atoms with van der Waals surface area (Å²) < 4.78 is 13.5. The minimum Gasteiger partial charge on any atom is -0.308 e. The smallest absolute Gasteiger partial charge is 0.308 e. The third-order valence-corrected chi connectivity index (χ3v) is 2.77. The summed E-state index contributed by atoms with van der Waals surface area (Å²) in [5.41, 5.74) is 0.604. The summed E-state index contributed by atoms with van der Waals surface area (Å²) in [6, 6.07) is 10.0. The van der Waals surface area contributed by atoms with Gasteiger partial charge in [0.25, 0.3) is 0 Å². The maximum atomic E-state index is 13.5. The minimum absolute atomic E-state index is 0.0517. The van der Waals surface area contributed by atoms with Crippen molar-refractivity contribution in [2.24, 2.45) is 0 Å². The fourth-order valence-corrected chi connectivity index (χ4v) is 1.69. The van der Waals surface area contributed by atoms with Crippen molar-refractivity contribution < 1.29 is 9.18 Å². The van der Waals surface area contributed by atoms with E-state index in [1.54, 1.807) is 24.3 Å². The molecule has 0 spiro atoms. The Bertz CT molecular complexity index is 602.